The number of hydrogen-bond acceptors (Lipinski definition) is 3. The van der Waals surface area contributed by atoms with Crippen LogP contribution in [0.3, 0.4) is 0 Å². The van der Waals surface area contributed by atoms with Crippen LogP contribution >= 0.6 is 0 Å². The Morgan fingerprint density at radius 1 is 1.11 bits per heavy atom. The number of fused-ring (bicyclic) bond motifs is 1. The van der Waals surface area contributed by atoms with Gasteiger partial charge in [-0.25, -0.2) is 4.68 Å². The zero-order chi connectivity index (χ0) is 12.5. The average molecular weight is 239 g/mol. The van der Waals surface area contributed by atoms with Crippen molar-refractivity contribution in [1.29, 1.82) is 0 Å². The van der Waals surface area contributed by atoms with Gasteiger partial charge in [-0.1, -0.05) is 41.6 Å². The molecule has 1 heterocycles. The highest BCUT2D eigenvalue weighted by atomic mass is 16.3. The maximum absolute atomic E-state index is 9.48. The van der Waals surface area contributed by atoms with Crippen molar-refractivity contribution >= 4 is 10.8 Å². The van der Waals surface area contributed by atoms with E-state index in [-0.39, 0.29) is 0 Å². The summed E-state index contributed by atoms with van der Waals surface area (Å²) in [6.45, 7) is 1.68. The van der Waals surface area contributed by atoms with Crippen molar-refractivity contribution in [2.45, 2.75) is 13.0 Å². The second kappa shape index (κ2) is 4.23. The first-order valence-corrected chi connectivity index (χ1v) is 5.84. The minimum absolute atomic E-state index is 0.572. The largest absolute Gasteiger partial charge is 0.387 e. The molecule has 3 aromatic rings. The van der Waals surface area contributed by atoms with Gasteiger partial charge < -0.3 is 5.11 Å². The normalized spacial score (nSPS) is 12.8. The van der Waals surface area contributed by atoms with E-state index in [1.807, 2.05) is 30.3 Å². The fraction of sp³-hybridized carbons (Fsp3) is 0.143. The predicted octanol–water partition coefficient (Wildman–Crippen LogP) is 2.47. The van der Waals surface area contributed by atoms with Crippen molar-refractivity contribution < 1.29 is 5.11 Å². The monoisotopic (exact) mass is 239 g/mol. The quantitative estimate of drug-likeness (QED) is 0.747. The zero-order valence-corrected chi connectivity index (χ0v) is 9.99. The molecule has 2 aromatic carbocycles. The minimum atomic E-state index is -0.603. The molecule has 18 heavy (non-hydrogen) atoms. The average Bonchev–Trinajstić information content (AvgIpc) is 2.87. The first-order valence-electron chi connectivity index (χ1n) is 5.84. The van der Waals surface area contributed by atoms with Crippen LogP contribution in [0.1, 0.15) is 18.7 Å². The molecule has 0 saturated carbocycles. The summed E-state index contributed by atoms with van der Waals surface area (Å²) in [6.07, 6.45) is 1.15. The first-order chi connectivity index (χ1) is 8.75. The van der Waals surface area contributed by atoms with Gasteiger partial charge in [0.25, 0.3) is 0 Å². The summed E-state index contributed by atoms with van der Waals surface area (Å²) in [4.78, 5) is 0. The molecule has 4 nitrogen and oxygen atoms in total. The molecule has 1 unspecified atom stereocenters. The van der Waals surface area contributed by atoms with Crippen molar-refractivity contribution in [2.75, 3.05) is 0 Å². The third kappa shape index (κ3) is 1.76. The van der Waals surface area contributed by atoms with Crippen LogP contribution in [0.2, 0.25) is 0 Å². The second-order valence-corrected chi connectivity index (χ2v) is 4.26. The summed E-state index contributed by atoms with van der Waals surface area (Å²) in [5.74, 6) is 0. The smallest absolute Gasteiger partial charge is 0.111 e. The number of rotatable bonds is 2. The van der Waals surface area contributed by atoms with Crippen LogP contribution in [0.15, 0.2) is 48.7 Å². The Hall–Kier alpha value is -2.20. The van der Waals surface area contributed by atoms with E-state index in [2.05, 4.69) is 22.4 Å². The highest BCUT2D eigenvalue weighted by Crippen LogP contribution is 2.22. The van der Waals surface area contributed by atoms with Crippen LogP contribution in [0.25, 0.3) is 16.5 Å². The van der Waals surface area contributed by atoms with Crippen LogP contribution in [-0.2, 0) is 0 Å². The van der Waals surface area contributed by atoms with Gasteiger partial charge in [-0.15, -0.1) is 5.10 Å². The standard InChI is InChI=1S/C14H13N3O/c1-10(18)13-9-17(16-15-13)14-8-4-6-11-5-2-3-7-12(11)14/h2-10,18H,1H3. The Kier molecular flexibility index (Phi) is 2.57. The third-order valence-electron chi connectivity index (χ3n) is 2.95. The lowest BCUT2D eigenvalue weighted by Crippen LogP contribution is -1.95. The number of hydrogen-bond donors (Lipinski definition) is 1. The summed E-state index contributed by atoms with van der Waals surface area (Å²) in [7, 11) is 0. The van der Waals surface area contributed by atoms with Crippen molar-refractivity contribution in [1.82, 2.24) is 15.0 Å². The van der Waals surface area contributed by atoms with E-state index >= 15 is 0 Å². The third-order valence-corrected chi connectivity index (χ3v) is 2.95. The maximum Gasteiger partial charge on any atom is 0.111 e. The summed E-state index contributed by atoms with van der Waals surface area (Å²) >= 11 is 0. The molecule has 0 amide bonds. The SMILES string of the molecule is CC(O)c1cn(-c2cccc3ccccc23)nn1. The molecular formula is C14H13N3O. The summed E-state index contributed by atoms with van der Waals surface area (Å²) < 4.78 is 1.70. The number of aliphatic hydroxyl groups is 1. The molecule has 0 saturated heterocycles. The van der Waals surface area contributed by atoms with Crippen LogP contribution in [0.5, 0.6) is 0 Å². The number of aliphatic hydroxyl groups excluding tert-OH is 1. The summed E-state index contributed by atoms with van der Waals surface area (Å²) in [5, 5.41) is 19.8. The Bertz CT molecular complexity index is 683. The van der Waals surface area contributed by atoms with Gasteiger partial charge in [-0.2, -0.15) is 0 Å². The topological polar surface area (TPSA) is 50.9 Å². The fourth-order valence-corrected chi connectivity index (χ4v) is 1.99. The zero-order valence-electron chi connectivity index (χ0n) is 9.99. The van der Waals surface area contributed by atoms with Gasteiger partial charge in [0, 0.05) is 5.39 Å². The molecule has 0 radical (unpaired) electrons. The van der Waals surface area contributed by atoms with E-state index in [1.54, 1.807) is 17.8 Å². The minimum Gasteiger partial charge on any atom is -0.387 e. The van der Waals surface area contributed by atoms with Crippen LogP contribution < -0.4 is 0 Å². The molecule has 0 aliphatic rings. The van der Waals surface area contributed by atoms with Crippen LogP contribution in [0.4, 0.5) is 0 Å². The molecule has 0 bridgehead atoms. The highest BCUT2D eigenvalue weighted by molar-refractivity contribution is 5.89. The Balaban J connectivity index is 2.18. The van der Waals surface area contributed by atoms with Gasteiger partial charge in [0.05, 0.1) is 18.0 Å². The van der Waals surface area contributed by atoms with E-state index in [4.69, 9.17) is 0 Å². The lowest BCUT2D eigenvalue weighted by atomic mass is 10.1. The summed E-state index contributed by atoms with van der Waals surface area (Å²) in [5.41, 5.74) is 1.54. The molecule has 0 fully saturated rings. The van der Waals surface area contributed by atoms with E-state index in [9.17, 15) is 5.11 Å². The van der Waals surface area contributed by atoms with E-state index < -0.39 is 6.10 Å². The fourth-order valence-electron chi connectivity index (χ4n) is 1.99. The molecule has 1 atom stereocenters. The Morgan fingerprint density at radius 2 is 1.89 bits per heavy atom. The summed E-state index contributed by atoms with van der Waals surface area (Å²) in [6, 6.07) is 14.2. The molecule has 1 N–H and O–H groups in total. The lowest BCUT2D eigenvalue weighted by molar-refractivity contribution is 0.194. The van der Waals surface area contributed by atoms with E-state index in [0.29, 0.717) is 5.69 Å². The van der Waals surface area contributed by atoms with E-state index in [1.165, 1.54) is 0 Å². The number of benzene rings is 2. The maximum atomic E-state index is 9.48. The van der Waals surface area contributed by atoms with Crippen molar-refractivity contribution in [3.05, 3.63) is 54.4 Å². The van der Waals surface area contributed by atoms with Crippen molar-refractivity contribution in [3.63, 3.8) is 0 Å². The van der Waals surface area contributed by atoms with Crippen LogP contribution in [0, 0.1) is 0 Å². The van der Waals surface area contributed by atoms with Crippen LogP contribution in [-0.4, -0.2) is 20.1 Å². The van der Waals surface area contributed by atoms with Gasteiger partial charge in [0.1, 0.15) is 5.69 Å². The lowest BCUT2D eigenvalue weighted by Gasteiger charge is -2.05. The molecule has 0 spiro atoms. The first kappa shape index (κ1) is 10.9. The molecule has 0 aliphatic heterocycles. The number of nitrogens with zero attached hydrogens (tertiary/aromatic N) is 3. The molecule has 3 rings (SSSR count). The number of aromatic nitrogens is 3. The Morgan fingerprint density at radius 3 is 2.67 bits per heavy atom. The van der Waals surface area contributed by atoms with Gasteiger partial charge in [-0.3, -0.25) is 0 Å². The van der Waals surface area contributed by atoms with Crippen molar-refractivity contribution in [2.24, 2.45) is 0 Å². The molecular weight excluding hydrogens is 226 g/mol. The van der Waals surface area contributed by atoms with Gasteiger partial charge in [0.2, 0.25) is 0 Å². The van der Waals surface area contributed by atoms with Gasteiger partial charge in [0.15, 0.2) is 0 Å². The molecule has 0 aliphatic carbocycles. The molecule has 90 valence electrons. The predicted molar refractivity (Wildman–Crippen MR) is 69.5 cm³/mol. The van der Waals surface area contributed by atoms with Gasteiger partial charge in [-0.05, 0) is 18.4 Å². The Labute approximate surface area is 104 Å². The molecule has 4 heteroatoms. The van der Waals surface area contributed by atoms with E-state index in [0.717, 1.165) is 16.5 Å². The second-order valence-electron chi connectivity index (χ2n) is 4.26. The van der Waals surface area contributed by atoms with Gasteiger partial charge >= 0.3 is 0 Å². The highest BCUT2D eigenvalue weighted by Gasteiger charge is 2.09. The van der Waals surface area contributed by atoms with Crippen molar-refractivity contribution in [3.8, 4) is 5.69 Å². The molecule has 1 aromatic heterocycles.